The number of ether oxygens (including phenoxy) is 1. The highest BCUT2D eigenvalue weighted by atomic mass is 16.5. The number of benzene rings is 3. The second kappa shape index (κ2) is 9.10. The van der Waals surface area contributed by atoms with Crippen LogP contribution in [0.15, 0.2) is 78.5 Å². The van der Waals surface area contributed by atoms with E-state index in [1.54, 1.807) is 6.07 Å². The summed E-state index contributed by atoms with van der Waals surface area (Å²) in [5.41, 5.74) is 4.59. The number of hydrogen-bond acceptors (Lipinski definition) is 4. The normalized spacial score (nSPS) is 13.7. The van der Waals surface area contributed by atoms with Gasteiger partial charge >= 0.3 is 0 Å². The minimum atomic E-state index is -0.370. The van der Waals surface area contributed by atoms with Crippen molar-refractivity contribution in [3.63, 3.8) is 0 Å². The molecule has 162 valence electrons. The van der Waals surface area contributed by atoms with E-state index < -0.39 is 0 Å². The number of carbonyl (C=O) groups is 2. The van der Waals surface area contributed by atoms with E-state index >= 15 is 0 Å². The van der Waals surface area contributed by atoms with E-state index in [1.807, 2.05) is 87.5 Å². The Kier molecular flexibility index (Phi) is 6.08. The van der Waals surface area contributed by atoms with Crippen LogP contribution >= 0.6 is 0 Å². The fourth-order valence-electron chi connectivity index (χ4n) is 3.70. The van der Waals surface area contributed by atoms with Crippen molar-refractivity contribution in [3.8, 4) is 5.75 Å². The zero-order chi connectivity index (χ0) is 22.7. The quantitative estimate of drug-likeness (QED) is 0.508. The number of aryl methyl sites for hydroxylation is 2. The molecule has 0 atom stereocenters. The number of nitrogens with zero attached hydrogens (tertiary/aromatic N) is 1. The number of carbonyl (C=O) groups excluding carboxylic acids is 2. The van der Waals surface area contributed by atoms with Crippen molar-refractivity contribution in [2.45, 2.75) is 27.2 Å². The fraction of sp³-hybridized carbons (Fsp3) is 0.185. The Morgan fingerprint density at radius 1 is 0.875 bits per heavy atom. The smallest absolute Gasteiger partial charge is 0.282 e. The first-order valence-electron chi connectivity index (χ1n) is 10.7. The molecule has 5 nitrogen and oxygen atoms in total. The molecule has 0 radical (unpaired) electrons. The lowest BCUT2D eigenvalue weighted by Gasteiger charge is -2.16. The van der Waals surface area contributed by atoms with Crippen LogP contribution in [0.3, 0.4) is 0 Å². The zero-order valence-corrected chi connectivity index (χ0v) is 18.5. The maximum absolute atomic E-state index is 13.5. The molecular weight excluding hydrogens is 400 g/mol. The minimum absolute atomic E-state index is 0.271. The lowest BCUT2D eigenvalue weighted by molar-refractivity contribution is -0.120. The van der Waals surface area contributed by atoms with E-state index in [0.717, 1.165) is 29.0 Å². The molecular formula is C27H26N2O3. The number of nitrogens with one attached hydrogen (secondary N) is 1. The van der Waals surface area contributed by atoms with Gasteiger partial charge in [0.05, 0.1) is 17.9 Å². The van der Waals surface area contributed by atoms with Crippen LogP contribution in [0.1, 0.15) is 30.0 Å². The molecule has 0 fully saturated rings. The molecule has 3 aromatic carbocycles. The lowest BCUT2D eigenvalue weighted by atomic mass is 10.0. The third kappa shape index (κ3) is 4.14. The van der Waals surface area contributed by atoms with Crippen LogP contribution in [0.2, 0.25) is 0 Å². The molecule has 0 unspecified atom stereocenters. The molecule has 5 heteroatoms. The molecule has 1 N–H and O–H groups in total. The second-order valence-electron chi connectivity index (χ2n) is 7.85. The standard InChI is InChI=1S/C27H26N2O3/c1-4-16-32-22-14-12-20(13-15-22)24-25(28-23-11-6-5-9-19(23)3)27(31)29(26(24)30)21-10-7-8-18(2)17-21/h5-15,17,28H,4,16H2,1-3H3. The van der Waals surface area contributed by atoms with Gasteiger partial charge in [0.2, 0.25) is 0 Å². The number of amides is 2. The Labute approximate surface area is 188 Å². The van der Waals surface area contributed by atoms with Gasteiger partial charge in [0.15, 0.2) is 0 Å². The van der Waals surface area contributed by atoms with Gasteiger partial charge < -0.3 is 10.1 Å². The summed E-state index contributed by atoms with van der Waals surface area (Å²) in [7, 11) is 0. The average molecular weight is 427 g/mol. The molecule has 4 rings (SSSR count). The molecule has 1 heterocycles. The molecule has 1 aliphatic heterocycles. The van der Waals surface area contributed by atoms with Gasteiger partial charge in [-0.25, -0.2) is 4.90 Å². The van der Waals surface area contributed by atoms with Crippen LogP contribution < -0.4 is 15.0 Å². The molecule has 32 heavy (non-hydrogen) atoms. The van der Waals surface area contributed by atoms with Crippen LogP contribution in [0, 0.1) is 13.8 Å². The van der Waals surface area contributed by atoms with E-state index in [9.17, 15) is 9.59 Å². The molecule has 0 aliphatic carbocycles. The molecule has 0 saturated carbocycles. The van der Waals surface area contributed by atoms with Crippen molar-refractivity contribution < 1.29 is 14.3 Å². The molecule has 3 aromatic rings. The van der Waals surface area contributed by atoms with Crippen LogP contribution in [0.5, 0.6) is 5.75 Å². The maximum atomic E-state index is 13.5. The molecule has 1 aliphatic rings. The van der Waals surface area contributed by atoms with Gasteiger partial charge in [-0.1, -0.05) is 49.4 Å². The number of anilines is 2. The van der Waals surface area contributed by atoms with Crippen molar-refractivity contribution in [3.05, 3.63) is 95.2 Å². The summed E-state index contributed by atoms with van der Waals surface area (Å²) >= 11 is 0. The van der Waals surface area contributed by atoms with Crippen LogP contribution in [-0.2, 0) is 9.59 Å². The fourth-order valence-corrected chi connectivity index (χ4v) is 3.70. The number of imide groups is 1. The van der Waals surface area contributed by atoms with Gasteiger partial charge in [0.1, 0.15) is 11.4 Å². The summed E-state index contributed by atoms with van der Waals surface area (Å²) in [5.74, 6) is 0.0148. The van der Waals surface area contributed by atoms with Crippen LogP contribution in [-0.4, -0.2) is 18.4 Å². The van der Waals surface area contributed by atoms with Gasteiger partial charge in [-0.05, 0) is 67.3 Å². The Balaban J connectivity index is 1.78. The van der Waals surface area contributed by atoms with Crippen molar-refractivity contribution in [1.29, 1.82) is 0 Å². The van der Waals surface area contributed by atoms with Gasteiger partial charge in [-0.2, -0.15) is 0 Å². The summed E-state index contributed by atoms with van der Waals surface area (Å²) in [4.78, 5) is 28.3. The summed E-state index contributed by atoms with van der Waals surface area (Å²) in [6, 6.07) is 22.4. The predicted molar refractivity (Wildman–Crippen MR) is 128 cm³/mol. The molecule has 0 saturated heterocycles. The van der Waals surface area contributed by atoms with Crippen LogP contribution in [0.25, 0.3) is 5.57 Å². The van der Waals surface area contributed by atoms with Crippen molar-refractivity contribution in [2.75, 3.05) is 16.8 Å². The third-order valence-corrected chi connectivity index (χ3v) is 5.36. The second-order valence-corrected chi connectivity index (χ2v) is 7.85. The summed E-state index contributed by atoms with van der Waals surface area (Å²) in [6.45, 7) is 6.57. The summed E-state index contributed by atoms with van der Waals surface area (Å²) in [5, 5.41) is 3.24. The first kappa shape index (κ1) is 21.4. The van der Waals surface area contributed by atoms with Gasteiger partial charge in [-0.3, -0.25) is 9.59 Å². The Morgan fingerprint density at radius 3 is 2.31 bits per heavy atom. The van der Waals surface area contributed by atoms with Gasteiger partial charge in [-0.15, -0.1) is 0 Å². The monoisotopic (exact) mass is 426 g/mol. The minimum Gasteiger partial charge on any atom is -0.494 e. The van der Waals surface area contributed by atoms with Crippen LogP contribution in [0.4, 0.5) is 11.4 Å². The Morgan fingerprint density at radius 2 is 1.62 bits per heavy atom. The highest BCUT2D eigenvalue weighted by molar-refractivity contribution is 6.46. The topological polar surface area (TPSA) is 58.6 Å². The molecule has 0 spiro atoms. The number of hydrogen-bond donors (Lipinski definition) is 1. The van der Waals surface area contributed by atoms with Crippen molar-refractivity contribution in [2.24, 2.45) is 0 Å². The highest BCUT2D eigenvalue weighted by Gasteiger charge is 2.40. The van der Waals surface area contributed by atoms with E-state index in [4.69, 9.17) is 4.74 Å². The first-order valence-corrected chi connectivity index (χ1v) is 10.7. The van der Waals surface area contributed by atoms with Gasteiger partial charge in [0.25, 0.3) is 11.8 Å². The Hall–Kier alpha value is -3.86. The van der Waals surface area contributed by atoms with E-state index in [1.165, 1.54) is 4.90 Å². The third-order valence-electron chi connectivity index (χ3n) is 5.36. The van der Waals surface area contributed by atoms with E-state index in [2.05, 4.69) is 5.32 Å². The predicted octanol–water partition coefficient (Wildman–Crippen LogP) is 5.49. The lowest BCUT2D eigenvalue weighted by Crippen LogP contribution is -2.32. The molecule has 2 amide bonds. The summed E-state index contributed by atoms with van der Waals surface area (Å²) in [6.07, 6.45) is 0.913. The molecule has 0 bridgehead atoms. The average Bonchev–Trinajstić information content (AvgIpc) is 3.03. The zero-order valence-electron chi connectivity index (χ0n) is 18.5. The summed E-state index contributed by atoms with van der Waals surface area (Å²) < 4.78 is 5.67. The Bertz CT molecular complexity index is 1200. The molecule has 0 aromatic heterocycles. The SMILES string of the molecule is CCCOc1ccc(C2=C(Nc3ccccc3C)C(=O)N(c3cccc(C)c3)C2=O)cc1. The first-order chi connectivity index (χ1) is 15.5. The van der Waals surface area contributed by atoms with E-state index in [-0.39, 0.29) is 17.5 Å². The maximum Gasteiger partial charge on any atom is 0.282 e. The van der Waals surface area contributed by atoms with Crippen molar-refractivity contribution in [1.82, 2.24) is 0 Å². The largest absolute Gasteiger partial charge is 0.494 e. The number of para-hydroxylation sites is 1. The van der Waals surface area contributed by atoms with Crippen molar-refractivity contribution >= 4 is 28.8 Å². The van der Waals surface area contributed by atoms with Gasteiger partial charge in [0, 0.05) is 5.69 Å². The highest BCUT2D eigenvalue weighted by Crippen LogP contribution is 2.35. The van der Waals surface area contributed by atoms with E-state index in [0.29, 0.717) is 23.4 Å². The number of rotatable bonds is 7.